The van der Waals surface area contributed by atoms with Gasteiger partial charge in [-0.3, -0.25) is 9.69 Å². The lowest BCUT2D eigenvalue weighted by atomic mass is 10.0. The summed E-state index contributed by atoms with van der Waals surface area (Å²) in [6.07, 6.45) is 0.158. The molecule has 1 fully saturated rings. The summed E-state index contributed by atoms with van der Waals surface area (Å²) in [5.41, 5.74) is 1.80. The van der Waals surface area contributed by atoms with Gasteiger partial charge in [0, 0.05) is 61.4 Å². The van der Waals surface area contributed by atoms with Crippen molar-refractivity contribution < 1.29 is 36.3 Å². The van der Waals surface area contributed by atoms with Crippen LogP contribution in [0.5, 0.6) is 0 Å². The number of anilines is 2. The van der Waals surface area contributed by atoms with E-state index in [0.717, 1.165) is 36.2 Å². The zero-order chi connectivity index (χ0) is 31.7. The second-order valence-electron chi connectivity index (χ2n) is 10.7. The summed E-state index contributed by atoms with van der Waals surface area (Å²) in [5.74, 6) is -1.29. The first kappa shape index (κ1) is 30.0. The average Bonchev–Trinajstić information content (AvgIpc) is 3.60. The Labute approximate surface area is 253 Å². The van der Waals surface area contributed by atoms with E-state index in [4.69, 9.17) is 13.6 Å². The number of ether oxygens (including phenoxy) is 1. The molecule has 0 spiro atoms. The number of carbonyl (C=O) groups excluding carboxylic acids is 2. The number of pyridine rings is 1. The van der Waals surface area contributed by atoms with Crippen molar-refractivity contribution >= 4 is 23.5 Å². The van der Waals surface area contributed by atoms with Crippen molar-refractivity contribution in [2.75, 3.05) is 18.4 Å². The van der Waals surface area contributed by atoms with Crippen LogP contribution in [0, 0.1) is 6.92 Å². The van der Waals surface area contributed by atoms with Crippen LogP contribution in [-0.4, -0.2) is 55.8 Å². The van der Waals surface area contributed by atoms with E-state index in [0.29, 0.717) is 43.4 Å². The number of esters is 1. The minimum atomic E-state index is -4.40. The maximum absolute atomic E-state index is 13.3. The zero-order valence-corrected chi connectivity index (χ0v) is 24.0. The summed E-state index contributed by atoms with van der Waals surface area (Å²) in [6, 6.07) is 7.81. The molecule has 0 atom stereocenters. The molecule has 0 aliphatic carbocycles. The van der Waals surface area contributed by atoms with Gasteiger partial charge in [-0.1, -0.05) is 0 Å². The van der Waals surface area contributed by atoms with Crippen molar-refractivity contribution in [1.82, 2.24) is 24.8 Å². The molecule has 1 saturated heterocycles. The molecule has 12 nitrogen and oxygen atoms in total. The number of likely N-dealkylation sites (tertiary alicyclic amines) is 1. The Kier molecular flexibility index (Phi) is 8.10. The van der Waals surface area contributed by atoms with Gasteiger partial charge in [-0.05, 0) is 56.2 Å². The first-order valence-corrected chi connectivity index (χ1v) is 14.1. The molecular weight excluding hydrogens is 597 g/mol. The van der Waals surface area contributed by atoms with Crippen LogP contribution < -0.4 is 11.1 Å². The number of piperidine rings is 1. The van der Waals surface area contributed by atoms with Crippen LogP contribution in [0.1, 0.15) is 62.0 Å². The first-order valence-electron chi connectivity index (χ1n) is 14.1. The van der Waals surface area contributed by atoms with E-state index in [9.17, 15) is 27.6 Å². The number of fused-ring (bicyclic) bond motifs is 1. The molecule has 0 unspecified atom stereocenters. The molecule has 2 aliphatic heterocycles. The Morgan fingerprint density at radius 3 is 2.51 bits per heavy atom. The Morgan fingerprint density at radius 1 is 1.07 bits per heavy atom. The van der Waals surface area contributed by atoms with Crippen molar-refractivity contribution in [3.05, 3.63) is 99.0 Å². The van der Waals surface area contributed by atoms with Crippen molar-refractivity contribution in [3.63, 3.8) is 0 Å². The molecule has 0 bridgehead atoms. The second kappa shape index (κ2) is 12.1. The number of amides is 1. The Hall–Kier alpha value is -5.05. The highest BCUT2D eigenvalue weighted by Gasteiger charge is 2.32. The van der Waals surface area contributed by atoms with E-state index in [1.165, 1.54) is 37.4 Å². The minimum Gasteiger partial charge on any atom is -0.453 e. The normalized spacial score (nSPS) is 15.6. The van der Waals surface area contributed by atoms with Gasteiger partial charge in [0.05, 0.1) is 11.3 Å². The molecule has 6 rings (SSSR count). The van der Waals surface area contributed by atoms with Crippen LogP contribution in [0.3, 0.4) is 0 Å². The number of benzene rings is 1. The van der Waals surface area contributed by atoms with Crippen molar-refractivity contribution in [1.29, 1.82) is 0 Å². The smallest absolute Gasteiger partial charge is 0.453 e. The van der Waals surface area contributed by atoms with Gasteiger partial charge in [0.15, 0.2) is 18.1 Å². The third kappa shape index (κ3) is 6.72. The summed E-state index contributed by atoms with van der Waals surface area (Å²) in [5, 5.41) is 2.96. The summed E-state index contributed by atoms with van der Waals surface area (Å²) < 4.78 is 53.3. The highest BCUT2D eigenvalue weighted by molar-refractivity contribution is 5.97. The topological polar surface area (TPSA) is 144 Å². The lowest BCUT2D eigenvalue weighted by Gasteiger charge is -2.36. The highest BCUT2D eigenvalue weighted by atomic mass is 19.4. The number of alkyl halides is 3. The second-order valence-corrected chi connectivity index (χ2v) is 10.7. The van der Waals surface area contributed by atoms with Gasteiger partial charge in [0.2, 0.25) is 5.95 Å². The SMILES string of the molecule is Cc1oc(=O)oc1COC(=O)c1cc(C(=O)N2CCC(N3Cc4cnc(Nc5ccc(C(F)(F)F)cc5)nc4C3)CC2)ccn1. The molecule has 45 heavy (non-hydrogen) atoms. The van der Waals surface area contributed by atoms with Gasteiger partial charge in [0.25, 0.3) is 5.91 Å². The van der Waals surface area contributed by atoms with Gasteiger partial charge in [-0.15, -0.1) is 0 Å². The van der Waals surface area contributed by atoms with Crippen LogP contribution in [0.2, 0.25) is 0 Å². The highest BCUT2D eigenvalue weighted by Crippen LogP contribution is 2.31. The fourth-order valence-corrected chi connectivity index (χ4v) is 5.37. The number of hydrogen-bond donors (Lipinski definition) is 1. The minimum absolute atomic E-state index is 0.0534. The quantitative estimate of drug-likeness (QED) is 0.291. The van der Waals surface area contributed by atoms with Crippen LogP contribution >= 0.6 is 0 Å². The number of aromatic nitrogens is 3. The Balaban J connectivity index is 1.01. The number of nitrogens with zero attached hydrogens (tertiary/aromatic N) is 5. The van der Waals surface area contributed by atoms with E-state index in [1.54, 1.807) is 11.1 Å². The summed E-state index contributed by atoms with van der Waals surface area (Å²) in [7, 11) is 0. The lowest BCUT2D eigenvalue weighted by Crippen LogP contribution is -2.45. The zero-order valence-electron chi connectivity index (χ0n) is 24.0. The van der Waals surface area contributed by atoms with Crippen LogP contribution in [0.4, 0.5) is 24.8 Å². The molecule has 1 amide bonds. The molecule has 1 aromatic carbocycles. The molecule has 1 N–H and O–H groups in total. The number of halogens is 3. The van der Waals surface area contributed by atoms with Crippen LogP contribution in [0.25, 0.3) is 0 Å². The number of nitrogens with one attached hydrogen (secondary N) is 1. The summed E-state index contributed by atoms with van der Waals surface area (Å²) >= 11 is 0. The first-order chi connectivity index (χ1) is 21.5. The van der Waals surface area contributed by atoms with Crippen molar-refractivity contribution in [2.24, 2.45) is 0 Å². The third-order valence-corrected chi connectivity index (χ3v) is 7.80. The number of aryl methyl sites for hydroxylation is 1. The Bertz CT molecular complexity index is 1780. The van der Waals surface area contributed by atoms with Crippen LogP contribution in [0.15, 0.2) is 62.4 Å². The van der Waals surface area contributed by atoms with Gasteiger partial charge in [-0.2, -0.15) is 13.2 Å². The van der Waals surface area contributed by atoms with Gasteiger partial charge < -0.3 is 23.8 Å². The van der Waals surface area contributed by atoms with Gasteiger partial charge in [-0.25, -0.2) is 24.5 Å². The number of hydrogen-bond acceptors (Lipinski definition) is 11. The molecule has 3 aromatic heterocycles. The number of rotatable bonds is 7. The molecular formula is C30H27F3N6O6. The summed E-state index contributed by atoms with van der Waals surface area (Å²) in [6.45, 7) is 3.48. The maximum atomic E-state index is 13.3. The van der Waals surface area contributed by atoms with Crippen molar-refractivity contribution in [3.8, 4) is 0 Å². The molecule has 0 radical (unpaired) electrons. The molecule has 5 heterocycles. The van der Waals surface area contributed by atoms with E-state index in [2.05, 4.69) is 25.2 Å². The van der Waals surface area contributed by atoms with E-state index in [-0.39, 0.29) is 35.8 Å². The molecule has 4 aromatic rings. The monoisotopic (exact) mass is 624 g/mol. The fourth-order valence-electron chi connectivity index (χ4n) is 5.37. The largest absolute Gasteiger partial charge is 0.519 e. The lowest BCUT2D eigenvalue weighted by molar-refractivity contribution is -0.137. The Morgan fingerprint density at radius 2 is 1.82 bits per heavy atom. The molecule has 15 heteroatoms. The number of carbonyl (C=O) groups is 2. The van der Waals surface area contributed by atoms with Crippen LogP contribution in [-0.2, 0) is 30.6 Å². The van der Waals surface area contributed by atoms with Gasteiger partial charge >= 0.3 is 18.0 Å². The molecule has 0 saturated carbocycles. The van der Waals surface area contributed by atoms with E-state index in [1.807, 2.05) is 0 Å². The molecule has 2 aliphatic rings. The van der Waals surface area contributed by atoms with E-state index < -0.39 is 23.5 Å². The standard InChI is InChI=1S/C30H27F3N6O6/c1-17-25(45-29(42)44-17)16-43-27(41)23-12-18(6-9-34-23)26(40)38-10-7-22(8-11-38)39-14-19-13-35-28(37-24(19)15-39)36-21-4-2-20(3-5-21)30(31,32)33/h2-6,9,12-13,22H,7-8,10-11,14-16H2,1H3,(H,35,36,37). The van der Waals surface area contributed by atoms with Crippen molar-refractivity contribution in [2.45, 2.75) is 51.7 Å². The predicted octanol–water partition coefficient (Wildman–Crippen LogP) is 4.47. The van der Waals surface area contributed by atoms with Gasteiger partial charge in [0.1, 0.15) is 5.69 Å². The van der Waals surface area contributed by atoms with E-state index >= 15 is 0 Å². The maximum Gasteiger partial charge on any atom is 0.519 e. The predicted molar refractivity (Wildman–Crippen MR) is 150 cm³/mol. The third-order valence-electron chi connectivity index (χ3n) is 7.80. The summed E-state index contributed by atoms with van der Waals surface area (Å²) in [4.78, 5) is 53.9. The molecule has 234 valence electrons. The average molecular weight is 625 g/mol. The fraction of sp³-hybridized carbons (Fsp3) is 0.333.